The monoisotopic (exact) mass is 340 g/mol. The van der Waals surface area contributed by atoms with Gasteiger partial charge in [0, 0.05) is 42.3 Å². The Kier molecular flexibility index (Phi) is 4.86. The zero-order valence-corrected chi connectivity index (χ0v) is 14.8. The molecule has 0 bridgehead atoms. The standard InChI is InChI=1S/C20H28N4O/c1-4-10-23-18(5-1)19(8-11-21-13-17-14-22-16-24-17)9-12-25-20(15-19)6-2-3-7-20/h1,4-5,10,14,16,21H,2-3,6-9,11-13,15H2,(H,22,24). The minimum atomic E-state index is 0.0964. The molecule has 0 amide bonds. The quantitative estimate of drug-likeness (QED) is 0.792. The number of hydrogen-bond donors (Lipinski definition) is 2. The highest BCUT2D eigenvalue weighted by Gasteiger charge is 2.48. The van der Waals surface area contributed by atoms with E-state index in [0.717, 1.165) is 44.7 Å². The second-order valence-corrected chi connectivity index (χ2v) is 7.66. The number of H-pyrrole nitrogens is 1. The largest absolute Gasteiger partial charge is 0.375 e. The summed E-state index contributed by atoms with van der Waals surface area (Å²) in [5, 5.41) is 3.57. The van der Waals surface area contributed by atoms with E-state index in [1.165, 1.54) is 31.4 Å². The molecular weight excluding hydrogens is 312 g/mol. The Bertz CT molecular complexity index is 652. The minimum Gasteiger partial charge on any atom is -0.375 e. The molecule has 0 aromatic carbocycles. The molecule has 1 atom stereocenters. The molecule has 2 fully saturated rings. The number of aromatic amines is 1. The Balaban J connectivity index is 1.48. The van der Waals surface area contributed by atoms with Gasteiger partial charge >= 0.3 is 0 Å². The van der Waals surface area contributed by atoms with E-state index in [9.17, 15) is 0 Å². The molecule has 1 aliphatic carbocycles. The SMILES string of the molecule is c1ccc(C2(CCNCc3cnc[nH]3)CCOC3(CCCC3)C2)nc1. The van der Waals surface area contributed by atoms with Crippen LogP contribution in [0.3, 0.4) is 0 Å². The van der Waals surface area contributed by atoms with Crippen molar-refractivity contribution in [2.45, 2.75) is 62.5 Å². The average molecular weight is 340 g/mol. The van der Waals surface area contributed by atoms with Crippen LogP contribution < -0.4 is 5.32 Å². The van der Waals surface area contributed by atoms with Gasteiger partial charge in [-0.15, -0.1) is 0 Å². The number of hydrogen-bond acceptors (Lipinski definition) is 4. The highest BCUT2D eigenvalue weighted by molar-refractivity contribution is 5.20. The maximum atomic E-state index is 6.31. The molecule has 3 heterocycles. The first-order valence-electron chi connectivity index (χ1n) is 9.54. The van der Waals surface area contributed by atoms with Crippen molar-refractivity contribution in [1.29, 1.82) is 0 Å². The lowest BCUT2D eigenvalue weighted by Gasteiger charge is -2.46. The fraction of sp³-hybridized carbons (Fsp3) is 0.600. The maximum Gasteiger partial charge on any atom is 0.0922 e. The van der Waals surface area contributed by atoms with Gasteiger partial charge in [-0.25, -0.2) is 4.98 Å². The third kappa shape index (κ3) is 3.62. The van der Waals surface area contributed by atoms with Crippen molar-refractivity contribution in [3.05, 3.63) is 48.3 Å². The third-order valence-corrected chi connectivity index (χ3v) is 6.02. The summed E-state index contributed by atoms with van der Waals surface area (Å²) in [6.07, 6.45) is 13.9. The molecular formula is C20H28N4O. The number of ether oxygens (including phenoxy) is 1. The highest BCUT2D eigenvalue weighted by Crippen LogP contribution is 2.49. The van der Waals surface area contributed by atoms with E-state index in [1.54, 1.807) is 6.33 Å². The summed E-state index contributed by atoms with van der Waals surface area (Å²) in [5.41, 5.74) is 2.60. The highest BCUT2D eigenvalue weighted by atomic mass is 16.5. The molecule has 1 spiro atoms. The molecule has 25 heavy (non-hydrogen) atoms. The summed E-state index contributed by atoms with van der Waals surface area (Å²) in [5.74, 6) is 0. The number of pyridine rings is 1. The molecule has 2 aromatic rings. The molecule has 1 saturated heterocycles. The molecule has 5 nitrogen and oxygen atoms in total. The van der Waals surface area contributed by atoms with Crippen LogP contribution in [0.25, 0.3) is 0 Å². The first-order valence-corrected chi connectivity index (χ1v) is 9.54. The van der Waals surface area contributed by atoms with Crippen molar-refractivity contribution in [2.75, 3.05) is 13.2 Å². The summed E-state index contributed by atoms with van der Waals surface area (Å²) in [6.45, 7) is 2.67. The van der Waals surface area contributed by atoms with Crippen LogP contribution in [0.4, 0.5) is 0 Å². The molecule has 1 saturated carbocycles. The molecule has 4 rings (SSSR count). The first kappa shape index (κ1) is 16.7. The Morgan fingerprint density at radius 3 is 2.88 bits per heavy atom. The first-order chi connectivity index (χ1) is 12.3. The molecule has 5 heteroatoms. The number of imidazole rings is 1. The lowest BCUT2D eigenvalue weighted by Crippen LogP contribution is -2.47. The second kappa shape index (κ2) is 7.26. The van der Waals surface area contributed by atoms with E-state index < -0.39 is 0 Å². The molecule has 2 aromatic heterocycles. The molecule has 2 N–H and O–H groups in total. The van der Waals surface area contributed by atoms with Crippen molar-refractivity contribution in [3.63, 3.8) is 0 Å². The predicted octanol–water partition coefficient (Wildman–Crippen LogP) is 3.35. The molecule has 134 valence electrons. The summed E-state index contributed by atoms with van der Waals surface area (Å²) >= 11 is 0. The van der Waals surface area contributed by atoms with Crippen molar-refractivity contribution in [1.82, 2.24) is 20.3 Å². The average Bonchev–Trinajstić information content (AvgIpc) is 3.32. The van der Waals surface area contributed by atoms with Gasteiger partial charge in [0.15, 0.2) is 0 Å². The van der Waals surface area contributed by atoms with Crippen LogP contribution in [0.1, 0.15) is 56.3 Å². The minimum absolute atomic E-state index is 0.0964. The number of rotatable bonds is 6. The van der Waals surface area contributed by atoms with Gasteiger partial charge in [-0.2, -0.15) is 0 Å². The summed E-state index contributed by atoms with van der Waals surface area (Å²) in [4.78, 5) is 12.0. The third-order valence-electron chi connectivity index (χ3n) is 6.02. The lowest BCUT2D eigenvalue weighted by atomic mass is 9.68. The van der Waals surface area contributed by atoms with Crippen LogP contribution in [0.15, 0.2) is 36.9 Å². The fourth-order valence-corrected chi connectivity index (χ4v) is 4.73. The van der Waals surface area contributed by atoms with Gasteiger partial charge in [-0.3, -0.25) is 4.98 Å². The Morgan fingerprint density at radius 1 is 1.20 bits per heavy atom. The molecule has 2 aliphatic rings. The zero-order chi connectivity index (χ0) is 17.0. The summed E-state index contributed by atoms with van der Waals surface area (Å²) < 4.78 is 6.31. The van der Waals surface area contributed by atoms with Crippen LogP contribution in [0.5, 0.6) is 0 Å². The van der Waals surface area contributed by atoms with E-state index >= 15 is 0 Å². The summed E-state index contributed by atoms with van der Waals surface area (Å²) in [7, 11) is 0. The zero-order valence-electron chi connectivity index (χ0n) is 14.8. The lowest BCUT2D eigenvalue weighted by molar-refractivity contribution is -0.104. The van der Waals surface area contributed by atoms with E-state index in [0.29, 0.717) is 0 Å². The van der Waals surface area contributed by atoms with Crippen molar-refractivity contribution in [2.24, 2.45) is 0 Å². The second-order valence-electron chi connectivity index (χ2n) is 7.66. The van der Waals surface area contributed by atoms with Crippen molar-refractivity contribution >= 4 is 0 Å². The fourth-order valence-electron chi connectivity index (χ4n) is 4.73. The normalized spacial score (nSPS) is 25.4. The molecule has 1 aliphatic heterocycles. The number of nitrogens with zero attached hydrogens (tertiary/aromatic N) is 2. The van der Waals surface area contributed by atoms with Gasteiger partial charge in [0.05, 0.1) is 11.9 Å². The Morgan fingerprint density at radius 2 is 2.12 bits per heavy atom. The summed E-state index contributed by atoms with van der Waals surface area (Å²) in [6, 6.07) is 6.35. The van der Waals surface area contributed by atoms with Crippen molar-refractivity contribution in [3.8, 4) is 0 Å². The van der Waals surface area contributed by atoms with Gasteiger partial charge in [0.25, 0.3) is 0 Å². The van der Waals surface area contributed by atoms with Gasteiger partial charge in [-0.1, -0.05) is 18.9 Å². The van der Waals surface area contributed by atoms with Gasteiger partial charge in [0.1, 0.15) is 0 Å². The number of aromatic nitrogens is 3. The van der Waals surface area contributed by atoms with E-state index in [4.69, 9.17) is 9.72 Å². The van der Waals surface area contributed by atoms with Gasteiger partial charge in [-0.05, 0) is 50.8 Å². The van der Waals surface area contributed by atoms with Gasteiger partial charge < -0.3 is 15.0 Å². The molecule has 1 unspecified atom stereocenters. The maximum absolute atomic E-state index is 6.31. The Labute approximate surface area is 149 Å². The smallest absolute Gasteiger partial charge is 0.0922 e. The van der Waals surface area contributed by atoms with Crippen molar-refractivity contribution < 1.29 is 4.74 Å². The van der Waals surface area contributed by atoms with E-state index in [2.05, 4.69) is 27.4 Å². The Hall–Kier alpha value is -1.72. The van der Waals surface area contributed by atoms with Crippen LogP contribution in [0.2, 0.25) is 0 Å². The van der Waals surface area contributed by atoms with Crippen LogP contribution in [-0.2, 0) is 16.7 Å². The van der Waals surface area contributed by atoms with Crippen LogP contribution in [0, 0.1) is 0 Å². The van der Waals surface area contributed by atoms with Crippen LogP contribution in [-0.4, -0.2) is 33.7 Å². The molecule has 0 radical (unpaired) electrons. The van der Waals surface area contributed by atoms with Crippen LogP contribution >= 0.6 is 0 Å². The van der Waals surface area contributed by atoms with E-state index in [-0.39, 0.29) is 11.0 Å². The topological polar surface area (TPSA) is 62.8 Å². The predicted molar refractivity (Wildman–Crippen MR) is 97.2 cm³/mol. The van der Waals surface area contributed by atoms with Gasteiger partial charge in [0.2, 0.25) is 0 Å². The number of nitrogens with one attached hydrogen (secondary N) is 2. The van der Waals surface area contributed by atoms with E-state index in [1.807, 2.05) is 18.5 Å².